The zero-order chi connectivity index (χ0) is 13.8. The molecule has 2 aromatic carbocycles. The van der Waals surface area contributed by atoms with Gasteiger partial charge in [0, 0.05) is 11.3 Å². The largest absolute Gasteiger partial charge is 0.457 e. The van der Waals surface area contributed by atoms with E-state index < -0.39 is 0 Å². The monoisotopic (exact) mass is 255 g/mol. The summed E-state index contributed by atoms with van der Waals surface area (Å²) >= 11 is 0. The number of ketones is 1. The van der Waals surface area contributed by atoms with Crippen molar-refractivity contribution in [3.8, 4) is 11.5 Å². The molecular formula is C16H17NO2. The Balaban J connectivity index is 2.33. The second-order valence-electron chi connectivity index (χ2n) is 4.37. The molecular weight excluding hydrogens is 238 g/mol. The first-order chi connectivity index (χ1) is 9.11. The van der Waals surface area contributed by atoms with Crippen molar-refractivity contribution in [1.82, 2.24) is 0 Å². The van der Waals surface area contributed by atoms with Crippen LogP contribution in [0.3, 0.4) is 0 Å². The van der Waals surface area contributed by atoms with Gasteiger partial charge >= 0.3 is 0 Å². The van der Waals surface area contributed by atoms with Gasteiger partial charge in [-0.2, -0.15) is 0 Å². The van der Waals surface area contributed by atoms with Crippen LogP contribution in [-0.2, 0) is 6.42 Å². The molecule has 0 spiro atoms. The summed E-state index contributed by atoms with van der Waals surface area (Å²) in [6.07, 6.45) is 0.894. The summed E-state index contributed by atoms with van der Waals surface area (Å²) in [5.74, 6) is 1.37. The van der Waals surface area contributed by atoms with Crippen LogP contribution in [0.4, 0.5) is 5.69 Å². The predicted octanol–water partition coefficient (Wildman–Crippen LogP) is 3.83. The zero-order valence-electron chi connectivity index (χ0n) is 11.1. The fraction of sp³-hybridized carbons (Fsp3) is 0.188. The van der Waals surface area contributed by atoms with Gasteiger partial charge in [-0.05, 0) is 43.2 Å². The van der Waals surface area contributed by atoms with Crippen LogP contribution in [0.5, 0.6) is 11.5 Å². The lowest BCUT2D eigenvalue weighted by Crippen LogP contribution is -2.00. The third kappa shape index (κ3) is 2.94. The standard InChI is InChI=1S/C16H17NO2/c1-3-12-6-4-5-7-16(12)19-13-8-9-15(17)14(10-13)11(2)18/h4-10H,3,17H2,1-2H3. The number of aryl methyl sites for hydroxylation is 1. The van der Waals surface area contributed by atoms with Gasteiger partial charge in [0.15, 0.2) is 5.78 Å². The second-order valence-corrected chi connectivity index (χ2v) is 4.37. The van der Waals surface area contributed by atoms with Gasteiger partial charge < -0.3 is 10.5 Å². The van der Waals surface area contributed by atoms with Crippen molar-refractivity contribution in [2.45, 2.75) is 20.3 Å². The van der Waals surface area contributed by atoms with E-state index >= 15 is 0 Å². The number of nitrogens with two attached hydrogens (primary N) is 1. The molecule has 0 aliphatic heterocycles. The molecule has 3 nitrogen and oxygen atoms in total. The highest BCUT2D eigenvalue weighted by Gasteiger charge is 2.08. The molecule has 2 aromatic rings. The number of nitrogen functional groups attached to an aromatic ring is 1. The summed E-state index contributed by atoms with van der Waals surface area (Å²) in [7, 11) is 0. The summed E-state index contributed by atoms with van der Waals surface area (Å²) < 4.78 is 5.84. The predicted molar refractivity (Wildman–Crippen MR) is 76.8 cm³/mol. The van der Waals surface area contributed by atoms with Crippen molar-refractivity contribution in [2.24, 2.45) is 0 Å². The van der Waals surface area contributed by atoms with Crippen LogP contribution in [0.2, 0.25) is 0 Å². The highest BCUT2D eigenvalue weighted by molar-refractivity contribution is 5.99. The molecule has 0 amide bonds. The maximum absolute atomic E-state index is 11.5. The first kappa shape index (κ1) is 13.1. The minimum absolute atomic E-state index is 0.0632. The highest BCUT2D eigenvalue weighted by Crippen LogP contribution is 2.28. The molecule has 0 aliphatic rings. The summed E-state index contributed by atoms with van der Waals surface area (Å²) in [5.41, 5.74) is 7.86. The molecule has 0 saturated heterocycles. The topological polar surface area (TPSA) is 52.3 Å². The summed E-state index contributed by atoms with van der Waals surface area (Å²) in [6.45, 7) is 3.57. The van der Waals surface area contributed by atoms with Crippen LogP contribution in [0.15, 0.2) is 42.5 Å². The lowest BCUT2D eigenvalue weighted by Gasteiger charge is -2.11. The number of hydrogen-bond acceptors (Lipinski definition) is 3. The van der Waals surface area contributed by atoms with Crippen molar-refractivity contribution in [3.63, 3.8) is 0 Å². The Kier molecular flexibility index (Phi) is 3.85. The molecule has 98 valence electrons. The molecule has 0 saturated carbocycles. The number of anilines is 1. The normalized spacial score (nSPS) is 10.2. The molecule has 0 radical (unpaired) electrons. The second kappa shape index (κ2) is 5.57. The van der Waals surface area contributed by atoms with E-state index in [1.54, 1.807) is 18.2 Å². The Morgan fingerprint density at radius 3 is 2.63 bits per heavy atom. The molecule has 3 heteroatoms. The number of Topliss-reactive ketones (excluding diaryl/α,β-unsaturated/α-hetero) is 1. The summed E-state index contributed by atoms with van der Waals surface area (Å²) in [5, 5.41) is 0. The number of rotatable bonds is 4. The van der Waals surface area contributed by atoms with Gasteiger partial charge in [-0.1, -0.05) is 25.1 Å². The maximum atomic E-state index is 11.5. The molecule has 0 unspecified atom stereocenters. The molecule has 0 heterocycles. The number of benzene rings is 2. The van der Waals surface area contributed by atoms with E-state index in [0.29, 0.717) is 17.0 Å². The van der Waals surface area contributed by atoms with Gasteiger partial charge in [0.1, 0.15) is 11.5 Å². The highest BCUT2D eigenvalue weighted by atomic mass is 16.5. The van der Waals surface area contributed by atoms with Crippen LogP contribution >= 0.6 is 0 Å². The van der Waals surface area contributed by atoms with Gasteiger partial charge in [0.05, 0.1) is 0 Å². The first-order valence-corrected chi connectivity index (χ1v) is 6.28. The van der Waals surface area contributed by atoms with Crippen LogP contribution in [0.1, 0.15) is 29.8 Å². The summed E-state index contributed by atoms with van der Waals surface area (Å²) in [4.78, 5) is 11.5. The van der Waals surface area contributed by atoms with E-state index in [0.717, 1.165) is 17.7 Å². The molecule has 19 heavy (non-hydrogen) atoms. The quantitative estimate of drug-likeness (QED) is 0.667. The van der Waals surface area contributed by atoms with Crippen molar-refractivity contribution in [3.05, 3.63) is 53.6 Å². The van der Waals surface area contributed by atoms with E-state index in [1.807, 2.05) is 24.3 Å². The van der Waals surface area contributed by atoms with Crippen molar-refractivity contribution >= 4 is 11.5 Å². The van der Waals surface area contributed by atoms with Gasteiger partial charge in [-0.25, -0.2) is 0 Å². The molecule has 0 bridgehead atoms. The van der Waals surface area contributed by atoms with E-state index in [-0.39, 0.29) is 5.78 Å². The van der Waals surface area contributed by atoms with E-state index in [1.165, 1.54) is 6.92 Å². The molecule has 0 atom stereocenters. The molecule has 0 fully saturated rings. The van der Waals surface area contributed by atoms with Gasteiger partial charge in [-0.15, -0.1) is 0 Å². The number of ether oxygens (including phenoxy) is 1. The van der Waals surface area contributed by atoms with Crippen LogP contribution in [0, 0.1) is 0 Å². The lowest BCUT2D eigenvalue weighted by atomic mass is 10.1. The van der Waals surface area contributed by atoms with E-state index in [4.69, 9.17) is 10.5 Å². The third-order valence-corrected chi connectivity index (χ3v) is 2.99. The fourth-order valence-electron chi connectivity index (χ4n) is 1.93. The Hall–Kier alpha value is -2.29. The average molecular weight is 255 g/mol. The van der Waals surface area contributed by atoms with Crippen molar-refractivity contribution < 1.29 is 9.53 Å². The SMILES string of the molecule is CCc1ccccc1Oc1ccc(N)c(C(C)=O)c1. The minimum Gasteiger partial charge on any atom is -0.457 e. The average Bonchev–Trinajstić information content (AvgIpc) is 2.41. The molecule has 2 N–H and O–H groups in total. The number of hydrogen-bond donors (Lipinski definition) is 1. The Morgan fingerprint density at radius 2 is 1.95 bits per heavy atom. The third-order valence-electron chi connectivity index (χ3n) is 2.99. The van der Waals surface area contributed by atoms with E-state index in [2.05, 4.69) is 6.92 Å². The van der Waals surface area contributed by atoms with Crippen LogP contribution in [-0.4, -0.2) is 5.78 Å². The van der Waals surface area contributed by atoms with E-state index in [9.17, 15) is 4.79 Å². The van der Waals surface area contributed by atoms with Crippen molar-refractivity contribution in [1.29, 1.82) is 0 Å². The minimum atomic E-state index is -0.0632. The fourth-order valence-corrected chi connectivity index (χ4v) is 1.93. The molecule has 0 aromatic heterocycles. The van der Waals surface area contributed by atoms with Gasteiger partial charge in [0.2, 0.25) is 0 Å². The van der Waals surface area contributed by atoms with Crippen LogP contribution in [0.25, 0.3) is 0 Å². The summed E-state index contributed by atoms with van der Waals surface area (Å²) in [6, 6.07) is 13.0. The lowest BCUT2D eigenvalue weighted by molar-refractivity contribution is 0.101. The molecule has 2 rings (SSSR count). The maximum Gasteiger partial charge on any atom is 0.162 e. The Labute approximate surface area is 113 Å². The van der Waals surface area contributed by atoms with Crippen LogP contribution < -0.4 is 10.5 Å². The number of carbonyl (C=O) groups excluding carboxylic acids is 1. The molecule has 0 aliphatic carbocycles. The van der Waals surface area contributed by atoms with Gasteiger partial charge in [0.25, 0.3) is 0 Å². The smallest absolute Gasteiger partial charge is 0.162 e. The number of carbonyl (C=O) groups is 1. The number of para-hydroxylation sites is 1. The first-order valence-electron chi connectivity index (χ1n) is 6.28. The Bertz CT molecular complexity index is 605. The Morgan fingerprint density at radius 1 is 1.21 bits per heavy atom. The zero-order valence-corrected chi connectivity index (χ0v) is 11.1. The van der Waals surface area contributed by atoms with Gasteiger partial charge in [-0.3, -0.25) is 4.79 Å². The van der Waals surface area contributed by atoms with Crippen molar-refractivity contribution in [2.75, 3.05) is 5.73 Å².